The van der Waals surface area contributed by atoms with E-state index in [2.05, 4.69) is 14.9 Å². The van der Waals surface area contributed by atoms with E-state index in [4.69, 9.17) is 4.74 Å². The van der Waals surface area contributed by atoms with Gasteiger partial charge in [0.25, 0.3) is 0 Å². The highest BCUT2D eigenvalue weighted by Crippen LogP contribution is 2.12. The molecule has 5 heteroatoms. The molecular weight excluding hydrogens is 172 g/mol. The topological polar surface area (TPSA) is 64.2 Å². The van der Waals surface area contributed by atoms with Crippen molar-refractivity contribution in [2.75, 3.05) is 14.2 Å². The molecule has 0 spiro atoms. The van der Waals surface area contributed by atoms with Crippen LogP contribution in [0.15, 0.2) is 0 Å². The number of methoxy groups -OCH3 is 2. The molecule has 0 amide bonds. The average molecular weight is 184 g/mol. The van der Waals surface area contributed by atoms with E-state index < -0.39 is 5.97 Å². The van der Waals surface area contributed by atoms with Crippen LogP contribution >= 0.6 is 0 Å². The molecule has 1 N–H and O–H groups in total. The monoisotopic (exact) mass is 184 g/mol. The fourth-order valence-electron chi connectivity index (χ4n) is 1.04. The third kappa shape index (κ3) is 1.86. The van der Waals surface area contributed by atoms with Gasteiger partial charge in [-0.15, -0.1) is 0 Å². The van der Waals surface area contributed by atoms with Crippen LogP contribution in [0.4, 0.5) is 0 Å². The van der Waals surface area contributed by atoms with E-state index in [1.54, 1.807) is 7.11 Å². The lowest BCUT2D eigenvalue weighted by Crippen LogP contribution is -2.06. The Bertz CT molecular complexity index is 306. The molecule has 0 saturated heterocycles. The molecule has 0 bridgehead atoms. The van der Waals surface area contributed by atoms with E-state index in [0.717, 1.165) is 11.3 Å². The highest BCUT2D eigenvalue weighted by atomic mass is 16.5. The van der Waals surface area contributed by atoms with Gasteiger partial charge in [-0.2, -0.15) is 5.10 Å². The van der Waals surface area contributed by atoms with Gasteiger partial charge >= 0.3 is 5.97 Å². The van der Waals surface area contributed by atoms with Gasteiger partial charge < -0.3 is 9.47 Å². The number of H-pyrrole nitrogens is 1. The molecule has 72 valence electrons. The van der Waals surface area contributed by atoms with Crippen LogP contribution in [0, 0.1) is 6.92 Å². The normalized spacial score (nSPS) is 10.1. The molecule has 0 aromatic carbocycles. The first-order valence-electron chi connectivity index (χ1n) is 3.81. The van der Waals surface area contributed by atoms with Gasteiger partial charge in [-0.1, -0.05) is 0 Å². The molecular formula is C8H12N2O3. The van der Waals surface area contributed by atoms with Crippen LogP contribution in [-0.4, -0.2) is 30.4 Å². The van der Waals surface area contributed by atoms with Gasteiger partial charge in [0.2, 0.25) is 0 Å². The lowest BCUT2D eigenvalue weighted by atomic mass is 10.2. The Labute approximate surface area is 76.0 Å². The van der Waals surface area contributed by atoms with Crippen LogP contribution in [0.1, 0.15) is 21.7 Å². The number of aryl methyl sites for hydroxylation is 1. The zero-order valence-electron chi connectivity index (χ0n) is 7.88. The summed E-state index contributed by atoms with van der Waals surface area (Å²) >= 11 is 0. The van der Waals surface area contributed by atoms with Gasteiger partial charge in [-0.3, -0.25) is 5.10 Å². The highest BCUT2D eigenvalue weighted by molar-refractivity contribution is 5.88. The van der Waals surface area contributed by atoms with E-state index in [0.29, 0.717) is 12.3 Å². The molecule has 1 rings (SSSR count). The number of rotatable bonds is 3. The van der Waals surface area contributed by atoms with Crippen molar-refractivity contribution in [3.63, 3.8) is 0 Å². The number of nitrogens with one attached hydrogen (secondary N) is 1. The molecule has 0 fully saturated rings. The van der Waals surface area contributed by atoms with Gasteiger partial charge in [-0.05, 0) is 6.92 Å². The maximum absolute atomic E-state index is 11.2. The molecule has 0 aliphatic heterocycles. The predicted molar refractivity (Wildman–Crippen MR) is 45.4 cm³/mol. The molecule has 1 aromatic heterocycles. The number of carbonyl (C=O) groups is 1. The summed E-state index contributed by atoms with van der Waals surface area (Å²) in [5.74, 6) is -0.448. The van der Waals surface area contributed by atoms with Crippen molar-refractivity contribution in [2.24, 2.45) is 0 Å². The van der Waals surface area contributed by atoms with Gasteiger partial charge in [0.15, 0.2) is 5.69 Å². The summed E-state index contributed by atoms with van der Waals surface area (Å²) in [5, 5.41) is 6.53. The molecule has 0 unspecified atom stereocenters. The van der Waals surface area contributed by atoms with E-state index in [1.807, 2.05) is 6.92 Å². The fourth-order valence-corrected chi connectivity index (χ4v) is 1.04. The smallest absolute Gasteiger partial charge is 0.358 e. The number of ether oxygens (including phenoxy) is 2. The van der Waals surface area contributed by atoms with Crippen LogP contribution < -0.4 is 0 Å². The molecule has 5 nitrogen and oxygen atoms in total. The van der Waals surface area contributed by atoms with E-state index >= 15 is 0 Å². The second-order valence-electron chi connectivity index (χ2n) is 2.60. The first-order valence-corrected chi connectivity index (χ1v) is 3.81. The molecule has 0 aliphatic rings. The maximum Gasteiger partial charge on any atom is 0.358 e. The summed E-state index contributed by atoms with van der Waals surface area (Å²) < 4.78 is 9.49. The minimum Gasteiger partial charge on any atom is -0.464 e. The minimum absolute atomic E-state index is 0.293. The second kappa shape index (κ2) is 4.04. The van der Waals surface area contributed by atoms with E-state index in [-0.39, 0.29) is 0 Å². The first kappa shape index (κ1) is 9.73. The summed E-state index contributed by atoms with van der Waals surface area (Å²) in [6, 6.07) is 0. The standard InChI is InChI=1S/C8H12N2O3/c1-5-6(4-12-2)7(10-9-5)8(11)13-3/h4H2,1-3H3,(H,9,10). The van der Waals surface area contributed by atoms with Gasteiger partial charge in [-0.25, -0.2) is 4.79 Å². The molecule has 13 heavy (non-hydrogen) atoms. The lowest BCUT2D eigenvalue weighted by Gasteiger charge is -1.99. The SMILES string of the molecule is COCc1c(C(=O)OC)n[nH]c1C. The second-order valence-corrected chi connectivity index (χ2v) is 2.60. The Morgan fingerprint density at radius 3 is 2.77 bits per heavy atom. The number of hydrogen-bond donors (Lipinski definition) is 1. The van der Waals surface area contributed by atoms with Crippen LogP contribution in [0.5, 0.6) is 0 Å². The Morgan fingerprint density at radius 1 is 1.54 bits per heavy atom. The van der Waals surface area contributed by atoms with E-state index in [9.17, 15) is 4.79 Å². The van der Waals surface area contributed by atoms with Crippen molar-refractivity contribution in [3.05, 3.63) is 17.0 Å². The number of hydrogen-bond acceptors (Lipinski definition) is 4. The molecule has 0 atom stereocenters. The summed E-state index contributed by atoms with van der Waals surface area (Å²) in [5.41, 5.74) is 1.86. The fraction of sp³-hybridized carbons (Fsp3) is 0.500. The average Bonchev–Trinajstić information content (AvgIpc) is 2.48. The van der Waals surface area contributed by atoms with Crippen molar-refractivity contribution in [1.29, 1.82) is 0 Å². The van der Waals surface area contributed by atoms with Crippen LogP contribution in [-0.2, 0) is 16.1 Å². The zero-order valence-corrected chi connectivity index (χ0v) is 7.88. The quantitative estimate of drug-likeness (QED) is 0.700. The lowest BCUT2D eigenvalue weighted by molar-refractivity contribution is 0.0589. The van der Waals surface area contributed by atoms with Crippen molar-refractivity contribution in [2.45, 2.75) is 13.5 Å². The van der Waals surface area contributed by atoms with Gasteiger partial charge in [0, 0.05) is 18.4 Å². The Morgan fingerprint density at radius 2 is 2.23 bits per heavy atom. The number of carbonyl (C=O) groups excluding carboxylic acids is 1. The summed E-state index contributed by atoms with van der Waals surface area (Å²) in [7, 11) is 2.89. The maximum atomic E-state index is 11.2. The Balaban J connectivity index is 2.99. The van der Waals surface area contributed by atoms with Gasteiger partial charge in [0.1, 0.15) is 0 Å². The van der Waals surface area contributed by atoms with E-state index in [1.165, 1.54) is 7.11 Å². The van der Waals surface area contributed by atoms with Crippen molar-refractivity contribution < 1.29 is 14.3 Å². The summed E-state index contributed by atoms with van der Waals surface area (Å²) in [6.07, 6.45) is 0. The van der Waals surface area contributed by atoms with Crippen molar-refractivity contribution in [1.82, 2.24) is 10.2 Å². The molecule has 0 aliphatic carbocycles. The number of aromatic nitrogens is 2. The van der Waals surface area contributed by atoms with Gasteiger partial charge in [0.05, 0.1) is 13.7 Å². The van der Waals surface area contributed by atoms with Crippen molar-refractivity contribution in [3.8, 4) is 0 Å². The molecule has 1 aromatic rings. The van der Waals surface area contributed by atoms with Crippen LogP contribution in [0.2, 0.25) is 0 Å². The van der Waals surface area contributed by atoms with Crippen LogP contribution in [0.3, 0.4) is 0 Å². The minimum atomic E-state index is -0.448. The number of esters is 1. The molecule has 0 saturated carbocycles. The zero-order chi connectivity index (χ0) is 9.84. The molecule has 1 heterocycles. The largest absolute Gasteiger partial charge is 0.464 e. The first-order chi connectivity index (χ1) is 6.20. The Kier molecular flexibility index (Phi) is 3.02. The third-order valence-electron chi connectivity index (χ3n) is 1.74. The Hall–Kier alpha value is -1.36. The molecule has 0 radical (unpaired) electrons. The van der Waals surface area contributed by atoms with Crippen LogP contribution in [0.25, 0.3) is 0 Å². The summed E-state index contributed by atoms with van der Waals surface area (Å²) in [6.45, 7) is 2.18. The number of aromatic amines is 1. The highest BCUT2D eigenvalue weighted by Gasteiger charge is 2.17. The van der Waals surface area contributed by atoms with Crippen molar-refractivity contribution >= 4 is 5.97 Å². The predicted octanol–water partition coefficient (Wildman–Crippen LogP) is 0.651. The number of nitrogens with zero attached hydrogens (tertiary/aromatic N) is 1. The summed E-state index contributed by atoms with van der Waals surface area (Å²) in [4.78, 5) is 11.2. The third-order valence-corrected chi connectivity index (χ3v) is 1.74.